The molecule has 3 unspecified atom stereocenters. The summed E-state index contributed by atoms with van der Waals surface area (Å²) in [4.78, 5) is 24.5. The zero-order valence-corrected chi connectivity index (χ0v) is 11.6. The maximum absolute atomic E-state index is 12.4. The average Bonchev–Trinajstić information content (AvgIpc) is 2.35. The minimum absolute atomic E-state index is 0.112. The Bertz CT molecular complexity index is 308. The lowest BCUT2D eigenvalue weighted by atomic mass is 9.70. The molecule has 0 heterocycles. The van der Waals surface area contributed by atoms with Gasteiger partial charge in [0.15, 0.2) is 0 Å². The number of fused-ring (bicyclic) bond motifs is 2. The van der Waals surface area contributed by atoms with E-state index in [1.165, 1.54) is 38.5 Å². The van der Waals surface area contributed by atoms with Crippen molar-refractivity contribution in [3.63, 3.8) is 0 Å². The second kappa shape index (κ2) is 6.49. The Balaban J connectivity index is 2.05. The molecule has 2 nitrogen and oxygen atoms in total. The predicted octanol–water partition coefficient (Wildman–Crippen LogP) is 3.92. The lowest BCUT2D eigenvalue weighted by Gasteiger charge is -2.31. The molecule has 2 fully saturated rings. The first-order valence-electron chi connectivity index (χ1n) is 7.77. The molecule has 0 amide bonds. The summed E-state index contributed by atoms with van der Waals surface area (Å²) in [7, 11) is 0. The van der Waals surface area contributed by atoms with Crippen LogP contribution in [-0.4, -0.2) is 11.6 Å². The van der Waals surface area contributed by atoms with E-state index in [2.05, 4.69) is 0 Å². The SMILES string of the molecule is CC1CC2CCCCCCCCCC(C1=O)C2=O. The summed E-state index contributed by atoms with van der Waals surface area (Å²) in [6, 6.07) is 0. The van der Waals surface area contributed by atoms with Crippen molar-refractivity contribution in [2.24, 2.45) is 17.8 Å². The summed E-state index contributed by atoms with van der Waals surface area (Å²) in [6.45, 7) is 2.01. The van der Waals surface area contributed by atoms with Gasteiger partial charge in [-0.15, -0.1) is 0 Å². The van der Waals surface area contributed by atoms with Crippen LogP contribution in [0.4, 0.5) is 0 Å². The monoisotopic (exact) mass is 250 g/mol. The molecule has 3 atom stereocenters. The lowest BCUT2D eigenvalue weighted by Crippen LogP contribution is -2.40. The summed E-state index contributed by atoms with van der Waals surface area (Å²) in [5.41, 5.74) is 0. The topological polar surface area (TPSA) is 34.1 Å². The molecule has 2 bridgehead atoms. The van der Waals surface area contributed by atoms with Crippen LogP contribution in [0.5, 0.6) is 0 Å². The molecule has 2 saturated carbocycles. The van der Waals surface area contributed by atoms with Crippen LogP contribution >= 0.6 is 0 Å². The Hall–Kier alpha value is -0.660. The molecule has 0 radical (unpaired) electrons. The van der Waals surface area contributed by atoms with Crippen LogP contribution in [0.15, 0.2) is 0 Å². The van der Waals surface area contributed by atoms with Gasteiger partial charge in [-0.2, -0.15) is 0 Å². The number of ketones is 2. The molecule has 2 aliphatic rings. The van der Waals surface area contributed by atoms with Crippen LogP contribution in [0.2, 0.25) is 0 Å². The third-order valence-electron chi connectivity index (χ3n) is 4.76. The van der Waals surface area contributed by atoms with Gasteiger partial charge in [-0.3, -0.25) is 9.59 Å². The molecule has 0 N–H and O–H groups in total. The number of carbonyl (C=O) groups is 2. The van der Waals surface area contributed by atoms with Crippen LogP contribution in [0.1, 0.15) is 71.1 Å². The quantitative estimate of drug-likeness (QED) is 0.611. The molecule has 0 spiro atoms. The molecule has 0 saturated heterocycles. The first kappa shape index (κ1) is 13.8. The van der Waals surface area contributed by atoms with E-state index < -0.39 is 0 Å². The molecular formula is C16H26O2. The van der Waals surface area contributed by atoms with E-state index in [4.69, 9.17) is 0 Å². The van der Waals surface area contributed by atoms with Crippen LogP contribution in [0.25, 0.3) is 0 Å². The van der Waals surface area contributed by atoms with Crippen LogP contribution in [0.3, 0.4) is 0 Å². The molecule has 0 aliphatic heterocycles. The third-order valence-corrected chi connectivity index (χ3v) is 4.76. The van der Waals surface area contributed by atoms with E-state index in [1.54, 1.807) is 0 Å². The van der Waals surface area contributed by atoms with E-state index in [0.29, 0.717) is 0 Å². The maximum atomic E-state index is 12.4. The van der Waals surface area contributed by atoms with Gasteiger partial charge in [0.25, 0.3) is 0 Å². The van der Waals surface area contributed by atoms with Crippen molar-refractivity contribution >= 4 is 11.6 Å². The molecule has 102 valence electrons. The van der Waals surface area contributed by atoms with Crippen molar-refractivity contribution < 1.29 is 9.59 Å². The minimum atomic E-state index is -0.252. The van der Waals surface area contributed by atoms with Crippen molar-refractivity contribution in [3.05, 3.63) is 0 Å². The van der Waals surface area contributed by atoms with E-state index in [0.717, 1.165) is 25.7 Å². The van der Waals surface area contributed by atoms with Gasteiger partial charge in [-0.25, -0.2) is 0 Å². The molecule has 2 heteroatoms. The predicted molar refractivity (Wildman–Crippen MR) is 72.3 cm³/mol. The molecule has 0 aromatic carbocycles. The maximum Gasteiger partial charge on any atom is 0.146 e. The molecule has 2 aliphatic carbocycles. The summed E-state index contributed by atoms with van der Waals surface area (Å²) in [5, 5.41) is 0. The fraction of sp³-hybridized carbons (Fsp3) is 0.875. The number of hydrogen-bond acceptors (Lipinski definition) is 2. The van der Waals surface area contributed by atoms with Gasteiger partial charge < -0.3 is 0 Å². The van der Waals surface area contributed by atoms with Gasteiger partial charge in [-0.05, 0) is 19.3 Å². The van der Waals surface area contributed by atoms with Crippen molar-refractivity contribution in [3.8, 4) is 0 Å². The highest BCUT2D eigenvalue weighted by Crippen LogP contribution is 2.34. The fourth-order valence-electron chi connectivity index (χ4n) is 3.59. The summed E-state index contributed by atoms with van der Waals surface area (Å²) < 4.78 is 0. The third kappa shape index (κ3) is 3.21. The standard InChI is InChI=1S/C16H26O2/c1-12-11-13-9-7-5-3-2-4-6-8-10-14(15(12)17)16(13)18/h12-14H,2-11H2,1H3. The van der Waals surface area contributed by atoms with Crippen molar-refractivity contribution in [1.29, 1.82) is 0 Å². The highest BCUT2D eigenvalue weighted by molar-refractivity contribution is 6.06. The van der Waals surface area contributed by atoms with Crippen molar-refractivity contribution in [2.45, 2.75) is 71.1 Å². The number of carbonyl (C=O) groups excluding carboxylic acids is 2. The van der Waals surface area contributed by atoms with Gasteiger partial charge in [0.1, 0.15) is 11.6 Å². The second-order valence-electron chi connectivity index (χ2n) is 6.24. The van der Waals surface area contributed by atoms with E-state index >= 15 is 0 Å². The summed E-state index contributed by atoms with van der Waals surface area (Å²) >= 11 is 0. The number of hydrogen-bond donors (Lipinski definition) is 0. The van der Waals surface area contributed by atoms with E-state index in [-0.39, 0.29) is 29.3 Å². The average molecular weight is 250 g/mol. The van der Waals surface area contributed by atoms with Crippen LogP contribution < -0.4 is 0 Å². The normalized spacial score (nSPS) is 35.7. The molecule has 0 aromatic heterocycles. The fourth-order valence-corrected chi connectivity index (χ4v) is 3.59. The van der Waals surface area contributed by atoms with E-state index in [9.17, 15) is 9.59 Å². The Morgan fingerprint density at radius 1 is 0.778 bits per heavy atom. The molecular weight excluding hydrogens is 224 g/mol. The zero-order chi connectivity index (χ0) is 13.0. The van der Waals surface area contributed by atoms with E-state index in [1.807, 2.05) is 6.92 Å². The Morgan fingerprint density at radius 3 is 2.00 bits per heavy atom. The van der Waals surface area contributed by atoms with Gasteiger partial charge in [-0.1, -0.05) is 51.9 Å². The highest BCUT2D eigenvalue weighted by Gasteiger charge is 2.40. The highest BCUT2D eigenvalue weighted by atomic mass is 16.2. The first-order valence-corrected chi connectivity index (χ1v) is 7.77. The molecule has 0 aromatic rings. The second-order valence-corrected chi connectivity index (χ2v) is 6.24. The van der Waals surface area contributed by atoms with Gasteiger partial charge in [0.05, 0.1) is 5.92 Å². The van der Waals surface area contributed by atoms with Crippen LogP contribution in [0, 0.1) is 17.8 Å². The minimum Gasteiger partial charge on any atom is -0.299 e. The first-order chi connectivity index (χ1) is 8.70. The Labute approximate surface area is 111 Å². The lowest BCUT2D eigenvalue weighted by molar-refractivity contribution is -0.142. The van der Waals surface area contributed by atoms with Gasteiger partial charge in [0, 0.05) is 11.8 Å². The van der Waals surface area contributed by atoms with Crippen molar-refractivity contribution in [2.75, 3.05) is 0 Å². The van der Waals surface area contributed by atoms with Gasteiger partial charge in [0.2, 0.25) is 0 Å². The molecule has 18 heavy (non-hydrogen) atoms. The summed E-state index contributed by atoms with van der Waals surface area (Å²) in [6.07, 6.45) is 11.2. The molecule has 2 rings (SSSR count). The smallest absolute Gasteiger partial charge is 0.146 e. The number of rotatable bonds is 0. The zero-order valence-electron chi connectivity index (χ0n) is 11.6. The number of Topliss-reactive ketones (excluding diaryl/α,β-unsaturated/α-hetero) is 2. The Kier molecular flexibility index (Phi) is 4.96. The summed E-state index contributed by atoms with van der Waals surface area (Å²) in [5.74, 6) is 0.549. The largest absolute Gasteiger partial charge is 0.299 e. The van der Waals surface area contributed by atoms with Crippen LogP contribution in [-0.2, 0) is 9.59 Å². The Morgan fingerprint density at radius 2 is 1.33 bits per heavy atom. The van der Waals surface area contributed by atoms with Gasteiger partial charge >= 0.3 is 0 Å². The van der Waals surface area contributed by atoms with Crippen molar-refractivity contribution in [1.82, 2.24) is 0 Å².